The van der Waals surface area contributed by atoms with E-state index in [0.717, 1.165) is 19.3 Å². The van der Waals surface area contributed by atoms with Gasteiger partial charge in [-0.25, -0.2) is 0 Å². The Bertz CT molecular complexity index is 385. The van der Waals surface area contributed by atoms with Gasteiger partial charge in [0.25, 0.3) is 0 Å². The third kappa shape index (κ3) is 1.48. The quantitative estimate of drug-likeness (QED) is 0.516. The summed E-state index contributed by atoms with van der Waals surface area (Å²) < 4.78 is 5.25. The van der Waals surface area contributed by atoms with E-state index in [9.17, 15) is 9.90 Å². The summed E-state index contributed by atoms with van der Waals surface area (Å²) in [6.07, 6.45) is 6.81. The monoisotopic (exact) mass is 236 g/mol. The predicted octanol–water partition coefficient (Wildman–Crippen LogP) is 1.90. The van der Waals surface area contributed by atoms with Gasteiger partial charge in [0.1, 0.15) is 0 Å². The Balaban J connectivity index is 1.95. The minimum absolute atomic E-state index is 0.0385. The average molecular weight is 236 g/mol. The third-order valence-electron chi connectivity index (χ3n) is 5.15. The van der Waals surface area contributed by atoms with Crippen LogP contribution < -0.4 is 0 Å². The second kappa shape index (κ2) is 3.35. The van der Waals surface area contributed by atoms with Gasteiger partial charge in [-0.15, -0.1) is 0 Å². The fourth-order valence-electron chi connectivity index (χ4n) is 3.98. The summed E-state index contributed by atoms with van der Waals surface area (Å²) in [5.41, 5.74) is -0.923. The number of cyclic esters (lactones) is 1. The van der Waals surface area contributed by atoms with Crippen LogP contribution in [0.3, 0.4) is 0 Å². The van der Waals surface area contributed by atoms with Crippen LogP contribution in [0.4, 0.5) is 0 Å². The molecule has 1 N–H and O–H groups in total. The van der Waals surface area contributed by atoms with Crippen LogP contribution >= 0.6 is 0 Å². The topological polar surface area (TPSA) is 46.5 Å². The predicted molar refractivity (Wildman–Crippen MR) is 63.2 cm³/mol. The van der Waals surface area contributed by atoms with Crippen LogP contribution in [0.15, 0.2) is 12.2 Å². The lowest BCUT2D eigenvalue weighted by Gasteiger charge is -2.47. The molecule has 0 spiro atoms. The third-order valence-corrected chi connectivity index (χ3v) is 5.15. The van der Waals surface area contributed by atoms with Gasteiger partial charge in [0.2, 0.25) is 0 Å². The van der Waals surface area contributed by atoms with E-state index in [1.807, 2.05) is 13.8 Å². The van der Waals surface area contributed by atoms with Crippen LogP contribution in [-0.4, -0.2) is 23.3 Å². The van der Waals surface area contributed by atoms with Gasteiger partial charge in [-0.05, 0) is 44.9 Å². The van der Waals surface area contributed by atoms with E-state index < -0.39 is 5.60 Å². The van der Waals surface area contributed by atoms with Crippen molar-refractivity contribution in [3.8, 4) is 0 Å². The van der Waals surface area contributed by atoms with E-state index >= 15 is 0 Å². The Morgan fingerprint density at radius 3 is 2.94 bits per heavy atom. The lowest BCUT2D eigenvalue weighted by molar-refractivity contribution is -0.152. The van der Waals surface area contributed by atoms with E-state index in [2.05, 4.69) is 12.2 Å². The van der Waals surface area contributed by atoms with Crippen molar-refractivity contribution in [2.45, 2.75) is 38.7 Å². The van der Waals surface area contributed by atoms with Gasteiger partial charge in [-0.1, -0.05) is 12.2 Å². The highest BCUT2D eigenvalue weighted by Crippen LogP contribution is 2.55. The molecule has 3 rings (SSSR count). The number of hydrogen-bond acceptors (Lipinski definition) is 3. The Hall–Kier alpha value is -0.830. The van der Waals surface area contributed by atoms with E-state index in [4.69, 9.17) is 4.74 Å². The maximum Gasteiger partial charge on any atom is 0.312 e. The van der Waals surface area contributed by atoms with Crippen LogP contribution in [0.25, 0.3) is 0 Å². The van der Waals surface area contributed by atoms with Crippen LogP contribution in [-0.2, 0) is 9.53 Å². The first-order chi connectivity index (χ1) is 7.93. The van der Waals surface area contributed by atoms with Crippen molar-refractivity contribution in [2.75, 3.05) is 6.61 Å². The highest BCUT2D eigenvalue weighted by Gasteiger charge is 2.57. The van der Waals surface area contributed by atoms with Gasteiger partial charge < -0.3 is 9.84 Å². The summed E-state index contributed by atoms with van der Waals surface area (Å²) in [7, 11) is 0. The first-order valence-corrected chi connectivity index (χ1v) is 6.51. The molecule has 0 aromatic rings. The zero-order chi connectivity index (χ0) is 12.3. The Morgan fingerprint density at radius 1 is 1.41 bits per heavy atom. The summed E-state index contributed by atoms with van der Waals surface area (Å²) in [6, 6.07) is 0. The van der Waals surface area contributed by atoms with Crippen LogP contribution in [0.2, 0.25) is 0 Å². The summed E-state index contributed by atoms with van der Waals surface area (Å²) in [4.78, 5) is 12.0. The molecule has 5 atom stereocenters. The Kier molecular flexibility index (Phi) is 2.22. The molecular formula is C14H20O3. The Labute approximate surface area is 102 Å². The van der Waals surface area contributed by atoms with Crippen molar-refractivity contribution in [3.05, 3.63) is 12.2 Å². The van der Waals surface area contributed by atoms with Gasteiger partial charge in [0.05, 0.1) is 17.6 Å². The van der Waals surface area contributed by atoms with E-state index in [1.54, 1.807) is 0 Å². The lowest BCUT2D eigenvalue weighted by atomic mass is 9.55. The summed E-state index contributed by atoms with van der Waals surface area (Å²) in [5, 5.41) is 10.2. The number of esters is 1. The molecule has 3 nitrogen and oxygen atoms in total. The first kappa shape index (κ1) is 11.3. The summed E-state index contributed by atoms with van der Waals surface area (Å²) >= 11 is 0. The number of fused-ring (bicyclic) bond motifs is 3. The highest BCUT2D eigenvalue weighted by atomic mass is 16.5. The molecule has 3 aliphatic rings. The van der Waals surface area contributed by atoms with E-state index in [-0.39, 0.29) is 17.3 Å². The van der Waals surface area contributed by atoms with Gasteiger partial charge in [-0.2, -0.15) is 0 Å². The molecule has 1 heterocycles. The summed E-state index contributed by atoms with van der Waals surface area (Å²) in [5.74, 6) is 0.862. The number of allylic oxidation sites excluding steroid dienone is 1. The van der Waals surface area contributed by atoms with Crippen molar-refractivity contribution < 1.29 is 14.6 Å². The first-order valence-electron chi connectivity index (χ1n) is 6.51. The molecule has 94 valence electrons. The second-order valence-corrected chi connectivity index (χ2v) is 6.38. The summed E-state index contributed by atoms with van der Waals surface area (Å²) in [6.45, 7) is 4.48. The molecule has 0 bridgehead atoms. The highest BCUT2D eigenvalue weighted by molar-refractivity contribution is 5.80. The molecular weight excluding hydrogens is 216 g/mol. The average Bonchev–Trinajstić information content (AvgIpc) is 2.54. The number of ether oxygens (including phenoxy) is 1. The molecule has 0 aromatic heterocycles. The molecule has 0 aromatic carbocycles. The molecule has 0 unspecified atom stereocenters. The van der Waals surface area contributed by atoms with Crippen molar-refractivity contribution >= 4 is 5.97 Å². The fourth-order valence-corrected chi connectivity index (χ4v) is 3.98. The number of hydrogen-bond donors (Lipinski definition) is 1. The van der Waals surface area contributed by atoms with E-state index in [0.29, 0.717) is 18.4 Å². The molecule has 1 aliphatic heterocycles. The van der Waals surface area contributed by atoms with Crippen LogP contribution in [0, 0.1) is 23.2 Å². The smallest absolute Gasteiger partial charge is 0.312 e. The molecule has 2 aliphatic carbocycles. The van der Waals surface area contributed by atoms with Crippen molar-refractivity contribution in [1.29, 1.82) is 0 Å². The van der Waals surface area contributed by atoms with Gasteiger partial charge in [0.15, 0.2) is 0 Å². The van der Waals surface area contributed by atoms with Crippen LogP contribution in [0.1, 0.15) is 33.1 Å². The molecule has 0 amide bonds. The molecule has 1 saturated heterocycles. The maximum absolute atomic E-state index is 12.0. The normalized spacial score (nSPS) is 52.9. The minimum atomic E-state index is -0.572. The molecule has 2 fully saturated rings. The number of rotatable bonds is 0. The molecule has 17 heavy (non-hydrogen) atoms. The molecule has 0 radical (unpaired) electrons. The number of carbonyl (C=O) groups excluding carboxylic acids is 1. The molecule has 3 heteroatoms. The van der Waals surface area contributed by atoms with Crippen LogP contribution in [0.5, 0.6) is 0 Å². The SMILES string of the molecule is C[C@@]1(O)CC[C@H]2[C@@H](C=C[C@@H]3COC(=O)[C@@]32C)C1. The van der Waals surface area contributed by atoms with Gasteiger partial charge in [0, 0.05) is 5.92 Å². The zero-order valence-electron chi connectivity index (χ0n) is 10.5. The zero-order valence-corrected chi connectivity index (χ0v) is 10.5. The fraction of sp³-hybridized carbons (Fsp3) is 0.786. The number of carbonyl (C=O) groups is 1. The number of aliphatic hydroxyl groups is 1. The largest absolute Gasteiger partial charge is 0.465 e. The van der Waals surface area contributed by atoms with E-state index in [1.165, 1.54) is 0 Å². The van der Waals surface area contributed by atoms with Crippen molar-refractivity contribution in [2.24, 2.45) is 23.2 Å². The minimum Gasteiger partial charge on any atom is -0.465 e. The van der Waals surface area contributed by atoms with Gasteiger partial charge in [-0.3, -0.25) is 4.79 Å². The maximum atomic E-state index is 12.0. The van der Waals surface area contributed by atoms with Crippen molar-refractivity contribution in [1.82, 2.24) is 0 Å². The Morgan fingerprint density at radius 2 is 2.18 bits per heavy atom. The van der Waals surface area contributed by atoms with Crippen molar-refractivity contribution in [3.63, 3.8) is 0 Å². The lowest BCUT2D eigenvalue weighted by Crippen LogP contribution is -2.48. The second-order valence-electron chi connectivity index (χ2n) is 6.38. The van der Waals surface area contributed by atoms with Gasteiger partial charge >= 0.3 is 5.97 Å². The molecule has 1 saturated carbocycles. The standard InChI is InChI=1S/C14H20O3/c1-13(16)6-5-11-9(7-13)3-4-10-8-17-12(15)14(10,11)2/h3-4,9-11,16H,5-8H2,1-2H3/t9-,10+,11-,13+,14-/m0/s1.